The molecule has 1 aromatic rings. The van der Waals surface area contributed by atoms with Crippen molar-refractivity contribution in [1.29, 1.82) is 0 Å². The summed E-state index contributed by atoms with van der Waals surface area (Å²) in [6.45, 7) is 4.99. The zero-order chi connectivity index (χ0) is 11.8. The molecule has 3 nitrogen and oxygen atoms in total. The van der Waals surface area contributed by atoms with Crippen molar-refractivity contribution < 1.29 is 9.47 Å². The first-order valence-corrected chi connectivity index (χ1v) is 7.04. The van der Waals surface area contributed by atoms with Crippen LogP contribution in [0.25, 0.3) is 0 Å². The minimum atomic E-state index is 0.252. The molecule has 1 rings (SSSR count). The lowest BCUT2D eigenvalue weighted by atomic mass is 10.1. The fourth-order valence-electron chi connectivity index (χ4n) is 1.39. The number of halogens is 1. The molecular weight excluding hydrogens is 290 g/mol. The highest BCUT2D eigenvalue weighted by molar-refractivity contribution is 9.10. The zero-order valence-corrected chi connectivity index (χ0v) is 12.1. The smallest absolute Gasteiger partial charge is 0.0701 e. The van der Waals surface area contributed by atoms with Gasteiger partial charge in [0.25, 0.3) is 0 Å². The van der Waals surface area contributed by atoms with E-state index in [1.807, 2.05) is 0 Å². The van der Waals surface area contributed by atoms with E-state index in [0.29, 0.717) is 19.8 Å². The van der Waals surface area contributed by atoms with Gasteiger partial charge in [-0.25, -0.2) is 0 Å². The van der Waals surface area contributed by atoms with Crippen molar-refractivity contribution in [2.24, 2.45) is 0 Å². The maximum atomic E-state index is 5.56. The van der Waals surface area contributed by atoms with Gasteiger partial charge in [0.2, 0.25) is 0 Å². The molecule has 1 heterocycles. The number of methoxy groups -OCH3 is 1. The van der Waals surface area contributed by atoms with Crippen LogP contribution in [0.1, 0.15) is 18.5 Å². The molecule has 0 saturated heterocycles. The number of nitrogens with one attached hydrogen (secondary N) is 1. The Kier molecular flexibility index (Phi) is 7.23. The topological polar surface area (TPSA) is 30.5 Å². The number of hydrogen-bond acceptors (Lipinski definition) is 4. The monoisotopic (exact) mass is 307 g/mol. The van der Waals surface area contributed by atoms with E-state index in [9.17, 15) is 0 Å². The molecule has 1 aromatic heterocycles. The number of ether oxygens (including phenoxy) is 2. The predicted octanol–water partition coefficient (Wildman–Crippen LogP) is 2.82. The highest BCUT2D eigenvalue weighted by Crippen LogP contribution is 2.27. The summed E-state index contributed by atoms with van der Waals surface area (Å²) in [7, 11) is 1.68. The second-order valence-corrected chi connectivity index (χ2v) is 4.95. The summed E-state index contributed by atoms with van der Waals surface area (Å²) in [6, 6.07) is 0.252. The summed E-state index contributed by atoms with van der Waals surface area (Å²) < 4.78 is 11.7. The summed E-state index contributed by atoms with van der Waals surface area (Å²) in [5.74, 6) is 0. The number of thiophene rings is 1. The highest BCUT2D eigenvalue weighted by atomic mass is 79.9. The molecule has 0 radical (unpaired) electrons. The minimum absolute atomic E-state index is 0.252. The van der Waals surface area contributed by atoms with Crippen LogP contribution in [-0.2, 0) is 9.47 Å². The van der Waals surface area contributed by atoms with Crippen molar-refractivity contribution in [2.45, 2.75) is 13.0 Å². The Hall–Kier alpha value is 0.0600. The number of likely N-dealkylation sites (N-methyl/N-ethyl adjacent to an activating group) is 1. The van der Waals surface area contributed by atoms with E-state index in [4.69, 9.17) is 9.47 Å². The van der Waals surface area contributed by atoms with E-state index in [2.05, 4.69) is 38.9 Å². The van der Waals surface area contributed by atoms with Gasteiger partial charge >= 0.3 is 0 Å². The fourth-order valence-corrected chi connectivity index (χ4v) is 3.02. The Bertz CT molecular complexity index is 293. The van der Waals surface area contributed by atoms with Crippen LogP contribution < -0.4 is 5.32 Å². The van der Waals surface area contributed by atoms with Gasteiger partial charge in [0, 0.05) is 17.0 Å². The Morgan fingerprint density at radius 1 is 1.44 bits per heavy atom. The molecule has 0 aliphatic rings. The third-order valence-corrected chi connectivity index (χ3v) is 3.94. The van der Waals surface area contributed by atoms with Gasteiger partial charge in [-0.15, -0.1) is 0 Å². The van der Waals surface area contributed by atoms with Crippen molar-refractivity contribution in [2.75, 3.05) is 33.5 Å². The van der Waals surface area contributed by atoms with Gasteiger partial charge in [0.15, 0.2) is 0 Å². The standard InChI is InChI=1S/C11H18BrNO2S/c1-3-13-11(6-15-5-4-14-2)9-7-16-8-10(9)12/h7-8,11,13H,3-6H2,1-2H3. The number of rotatable bonds is 8. The molecular formula is C11H18BrNO2S. The Balaban J connectivity index is 2.45. The Morgan fingerprint density at radius 2 is 2.25 bits per heavy atom. The average Bonchev–Trinajstić information content (AvgIpc) is 2.69. The molecule has 1 atom stereocenters. The molecule has 5 heteroatoms. The molecule has 1 N–H and O–H groups in total. The van der Waals surface area contributed by atoms with Crippen LogP contribution in [0.2, 0.25) is 0 Å². The van der Waals surface area contributed by atoms with Crippen molar-refractivity contribution >= 4 is 27.3 Å². The van der Waals surface area contributed by atoms with E-state index in [0.717, 1.165) is 11.0 Å². The molecule has 0 aliphatic heterocycles. The maximum absolute atomic E-state index is 5.56. The molecule has 0 aliphatic carbocycles. The zero-order valence-electron chi connectivity index (χ0n) is 9.66. The number of hydrogen-bond donors (Lipinski definition) is 1. The van der Waals surface area contributed by atoms with E-state index in [1.54, 1.807) is 18.4 Å². The predicted molar refractivity (Wildman–Crippen MR) is 71.1 cm³/mol. The van der Waals surface area contributed by atoms with Crippen LogP contribution >= 0.6 is 27.3 Å². The Labute approximate surface area is 109 Å². The quantitative estimate of drug-likeness (QED) is 0.749. The molecule has 92 valence electrons. The van der Waals surface area contributed by atoms with Crippen molar-refractivity contribution in [1.82, 2.24) is 5.32 Å². The molecule has 16 heavy (non-hydrogen) atoms. The maximum Gasteiger partial charge on any atom is 0.0701 e. The summed E-state index contributed by atoms with van der Waals surface area (Å²) in [6.07, 6.45) is 0. The van der Waals surface area contributed by atoms with E-state index < -0.39 is 0 Å². The van der Waals surface area contributed by atoms with Gasteiger partial charge in [0.05, 0.1) is 25.9 Å². The van der Waals surface area contributed by atoms with Crippen LogP contribution in [0.5, 0.6) is 0 Å². The molecule has 0 spiro atoms. The minimum Gasteiger partial charge on any atom is -0.382 e. The molecule has 0 saturated carbocycles. The first-order valence-electron chi connectivity index (χ1n) is 5.31. The normalized spacial score (nSPS) is 12.9. The lowest BCUT2D eigenvalue weighted by Gasteiger charge is -2.17. The van der Waals surface area contributed by atoms with Crippen LogP contribution in [0.3, 0.4) is 0 Å². The van der Waals surface area contributed by atoms with Gasteiger partial charge < -0.3 is 14.8 Å². The largest absolute Gasteiger partial charge is 0.382 e. The third kappa shape index (κ3) is 4.51. The summed E-state index contributed by atoms with van der Waals surface area (Å²) in [5.41, 5.74) is 1.27. The molecule has 0 bridgehead atoms. The fraction of sp³-hybridized carbons (Fsp3) is 0.636. The summed E-state index contributed by atoms with van der Waals surface area (Å²) in [5, 5.41) is 7.66. The van der Waals surface area contributed by atoms with Crippen LogP contribution in [-0.4, -0.2) is 33.5 Å². The Morgan fingerprint density at radius 3 is 2.81 bits per heavy atom. The van der Waals surface area contributed by atoms with Crippen LogP contribution in [0.15, 0.2) is 15.2 Å². The van der Waals surface area contributed by atoms with Gasteiger partial charge in [-0.2, -0.15) is 11.3 Å². The summed E-state index contributed by atoms with van der Waals surface area (Å²) >= 11 is 5.25. The van der Waals surface area contributed by atoms with Crippen molar-refractivity contribution in [3.05, 3.63) is 20.8 Å². The van der Waals surface area contributed by atoms with Crippen LogP contribution in [0.4, 0.5) is 0 Å². The van der Waals surface area contributed by atoms with Gasteiger partial charge in [-0.1, -0.05) is 6.92 Å². The molecule has 0 fully saturated rings. The van der Waals surface area contributed by atoms with Gasteiger partial charge in [-0.05, 0) is 33.4 Å². The summed E-state index contributed by atoms with van der Waals surface area (Å²) in [4.78, 5) is 0. The van der Waals surface area contributed by atoms with Crippen LogP contribution in [0, 0.1) is 0 Å². The third-order valence-electron chi connectivity index (χ3n) is 2.18. The second-order valence-electron chi connectivity index (χ2n) is 3.35. The SMILES string of the molecule is CCNC(COCCOC)c1cscc1Br. The van der Waals surface area contributed by atoms with Crippen molar-refractivity contribution in [3.63, 3.8) is 0 Å². The molecule has 1 unspecified atom stereocenters. The van der Waals surface area contributed by atoms with E-state index in [-0.39, 0.29) is 6.04 Å². The lowest BCUT2D eigenvalue weighted by Crippen LogP contribution is -2.25. The highest BCUT2D eigenvalue weighted by Gasteiger charge is 2.14. The second kappa shape index (κ2) is 8.20. The lowest BCUT2D eigenvalue weighted by molar-refractivity contribution is 0.0588. The van der Waals surface area contributed by atoms with Crippen molar-refractivity contribution in [3.8, 4) is 0 Å². The van der Waals surface area contributed by atoms with E-state index >= 15 is 0 Å². The first-order chi connectivity index (χ1) is 7.79. The molecule has 0 aromatic carbocycles. The van der Waals surface area contributed by atoms with Gasteiger partial charge in [0.1, 0.15) is 0 Å². The molecule has 0 amide bonds. The average molecular weight is 308 g/mol. The first kappa shape index (κ1) is 14.1. The van der Waals surface area contributed by atoms with Gasteiger partial charge in [-0.3, -0.25) is 0 Å². The van der Waals surface area contributed by atoms with E-state index in [1.165, 1.54) is 5.56 Å².